The molecule has 0 saturated heterocycles. The Bertz CT molecular complexity index is 674. The van der Waals surface area contributed by atoms with Gasteiger partial charge in [0.1, 0.15) is 5.75 Å². The van der Waals surface area contributed by atoms with Crippen LogP contribution in [0.15, 0.2) is 48.5 Å². The highest BCUT2D eigenvalue weighted by Gasteiger charge is 2.10. The van der Waals surface area contributed by atoms with Gasteiger partial charge in [-0.2, -0.15) is 0 Å². The van der Waals surface area contributed by atoms with E-state index < -0.39 is 0 Å². The zero-order valence-corrected chi connectivity index (χ0v) is 16.9. The molecule has 0 heterocycles. The van der Waals surface area contributed by atoms with Gasteiger partial charge >= 0.3 is 5.97 Å². The van der Waals surface area contributed by atoms with Crippen molar-refractivity contribution in [3.63, 3.8) is 0 Å². The number of unbranched alkanes of at least 4 members (excludes halogenated alkanes) is 3. The van der Waals surface area contributed by atoms with Crippen molar-refractivity contribution in [2.24, 2.45) is 0 Å². The van der Waals surface area contributed by atoms with Gasteiger partial charge in [0.05, 0.1) is 11.7 Å². The Morgan fingerprint density at radius 3 is 2.22 bits per heavy atom. The second-order valence-corrected chi connectivity index (χ2v) is 6.98. The highest BCUT2D eigenvalue weighted by atomic mass is 16.5. The van der Waals surface area contributed by atoms with E-state index in [9.17, 15) is 4.79 Å². The topological polar surface area (TPSA) is 35.5 Å². The number of benzene rings is 2. The molecule has 3 heteroatoms. The monoisotopic (exact) mass is 368 g/mol. The van der Waals surface area contributed by atoms with Gasteiger partial charge < -0.3 is 9.47 Å². The summed E-state index contributed by atoms with van der Waals surface area (Å²) in [5, 5.41) is 0. The van der Waals surface area contributed by atoms with Crippen LogP contribution in [0.1, 0.15) is 80.5 Å². The van der Waals surface area contributed by atoms with E-state index in [1.165, 1.54) is 31.2 Å². The van der Waals surface area contributed by atoms with E-state index in [1.807, 2.05) is 55.5 Å². The van der Waals surface area contributed by atoms with Gasteiger partial charge in [0.25, 0.3) is 0 Å². The molecule has 0 N–H and O–H groups in total. The first-order valence-corrected chi connectivity index (χ1v) is 10.2. The lowest BCUT2D eigenvalue weighted by Gasteiger charge is -2.13. The summed E-state index contributed by atoms with van der Waals surface area (Å²) in [6.45, 7) is 7.08. The average Bonchev–Trinajstić information content (AvgIpc) is 2.70. The second-order valence-electron chi connectivity index (χ2n) is 6.98. The fourth-order valence-electron chi connectivity index (χ4n) is 2.93. The summed E-state index contributed by atoms with van der Waals surface area (Å²) in [5.41, 5.74) is 2.93. The zero-order chi connectivity index (χ0) is 19.5. The summed E-state index contributed by atoms with van der Waals surface area (Å²) < 4.78 is 11.2. The van der Waals surface area contributed by atoms with Crippen molar-refractivity contribution in [1.82, 2.24) is 0 Å². The van der Waals surface area contributed by atoms with E-state index in [2.05, 4.69) is 13.8 Å². The molecular weight excluding hydrogens is 336 g/mol. The summed E-state index contributed by atoms with van der Waals surface area (Å²) in [4.78, 5) is 12.3. The first kappa shape index (κ1) is 21.2. The Kier molecular flexibility index (Phi) is 9.06. The van der Waals surface area contributed by atoms with Crippen LogP contribution in [-0.2, 0) is 11.2 Å². The molecule has 0 fully saturated rings. The lowest BCUT2D eigenvalue weighted by atomic mass is 10.0. The van der Waals surface area contributed by atoms with Crippen molar-refractivity contribution in [2.75, 3.05) is 6.61 Å². The molecule has 0 aliphatic carbocycles. The fourth-order valence-corrected chi connectivity index (χ4v) is 2.93. The molecule has 0 spiro atoms. The van der Waals surface area contributed by atoms with Crippen molar-refractivity contribution in [1.29, 1.82) is 0 Å². The van der Waals surface area contributed by atoms with E-state index in [4.69, 9.17) is 9.47 Å². The number of esters is 1. The van der Waals surface area contributed by atoms with Crippen molar-refractivity contribution >= 4 is 5.97 Å². The van der Waals surface area contributed by atoms with E-state index >= 15 is 0 Å². The molecule has 2 aromatic rings. The minimum absolute atomic E-state index is 0.0413. The van der Waals surface area contributed by atoms with Crippen LogP contribution < -0.4 is 4.74 Å². The number of ether oxygens (including phenoxy) is 2. The zero-order valence-electron chi connectivity index (χ0n) is 16.9. The second kappa shape index (κ2) is 11.6. The SMILES string of the molecule is CCCCCCc1ccc(C(=O)Oc2ccc(C(C)OCCC)cc2)cc1. The van der Waals surface area contributed by atoms with Gasteiger partial charge in [-0.15, -0.1) is 0 Å². The molecule has 0 aromatic heterocycles. The van der Waals surface area contributed by atoms with Crippen LogP contribution >= 0.6 is 0 Å². The molecule has 1 unspecified atom stereocenters. The van der Waals surface area contributed by atoms with Gasteiger partial charge in [-0.25, -0.2) is 4.79 Å². The Morgan fingerprint density at radius 1 is 0.889 bits per heavy atom. The minimum Gasteiger partial charge on any atom is -0.423 e. The van der Waals surface area contributed by atoms with E-state index in [-0.39, 0.29) is 12.1 Å². The van der Waals surface area contributed by atoms with Gasteiger partial charge in [-0.05, 0) is 61.6 Å². The summed E-state index contributed by atoms with van der Waals surface area (Å²) in [6.07, 6.45) is 7.10. The molecule has 0 aliphatic heterocycles. The Balaban J connectivity index is 1.87. The van der Waals surface area contributed by atoms with Crippen LogP contribution in [0.5, 0.6) is 5.75 Å². The first-order chi connectivity index (χ1) is 13.1. The maximum absolute atomic E-state index is 12.3. The molecule has 0 bridgehead atoms. The molecular formula is C24H32O3. The number of hydrogen-bond donors (Lipinski definition) is 0. The van der Waals surface area contributed by atoms with Crippen LogP contribution in [0.4, 0.5) is 0 Å². The summed E-state index contributed by atoms with van der Waals surface area (Å²) in [5.74, 6) is 0.227. The smallest absolute Gasteiger partial charge is 0.343 e. The van der Waals surface area contributed by atoms with Crippen LogP contribution in [0.2, 0.25) is 0 Å². The van der Waals surface area contributed by atoms with Crippen LogP contribution in [0.3, 0.4) is 0 Å². The molecule has 2 rings (SSSR count). The Morgan fingerprint density at radius 2 is 1.59 bits per heavy atom. The van der Waals surface area contributed by atoms with Crippen LogP contribution in [-0.4, -0.2) is 12.6 Å². The van der Waals surface area contributed by atoms with Crippen LogP contribution in [0, 0.1) is 0 Å². The summed E-state index contributed by atoms with van der Waals surface area (Å²) in [7, 11) is 0. The molecule has 1 atom stereocenters. The molecule has 0 aliphatic rings. The van der Waals surface area contributed by atoms with E-state index in [1.54, 1.807) is 0 Å². The summed E-state index contributed by atoms with van der Waals surface area (Å²) in [6, 6.07) is 15.3. The van der Waals surface area contributed by atoms with Crippen molar-refractivity contribution in [2.45, 2.75) is 65.4 Å². The van der Waals surface area contributed by atoms with Gasteiger partial charge in [-0.3, -0.25) is 0 Å². The molecule has 27 heavy (non-hydrogen) atoms. The number of rotatable bonds is 11. The van der Waals surface area contributed by atoms with E-state index in [0.29, 0.717) is 11.3 Å². The quantitative estimate of drug-likeness (QED) is 0.257. The molecule has 0 saturated carbocycles. The van der Waals surface area contributed by atoms with Gasteiger partial charge in [0, 0.05) is 6.61 Å². The first-order valence-electron chi connectivity index (χ1n) is 10.2. The molecule has 146 valence electrons. The predicted octanol–water partition coefficient (Wildman–Crippen LogP) is 6.52. The largest absolute Gasteiger partial charge is 0.423 e. The number of hydrogen-bond acceptors (Lipinski definition) is 3. The highest BCUT2D eigenvalue weighted by Crippen LogP contribution is 2.21. The minimum atomic E-state index is -0.324. The predicted molar refractivity (Wildman–Crippen MR) is 110 cm³/mol. The molecule has 3 nitrogen and oxygen atoms in total. The van der Waals surface area contributed by atoms with Crippen molar-refractivity contribution in [3.05, 3.63) is 65.2 Å². The average molecular weight is 369 g/mol. The lowest BCUT2D eigenvalue weighted by Crippen LogP contribution is -2.08. The normalized spacial score (nSPS) is 12.0. The van der Waals surface area contributed by atoms with Crippen LogP contribution in [0.25, 0.3) is 0 Å². The molecule has 2 aromatic carbocycles. The fraction of sp³-hybridized carbons (Fsp3) is 0.458. The Labute approximate surface area is 163 Å². The maximum Gasteiger partial charge on any atom is 0.343 e. The van der Waals surface area contributed by atoms with Gasteiger partial charge in [-0.1, -0.05) is 57.4 Å². The number of carbonyl (C=O) groups excluding carboxylic acids is 1. The molecule has 0 radical (unpaired) electrons. The van der Waals surface area contributed by atoms with Crippen molar-refractivity contribution in [3.8, 4) is 5.75 Å². The van der Waals surface area contributed by atoms with Gasteiger partial charge in [0.2, 0.25) is 0 Å². The third-order valence-electron chi connectivity index (χ3n) is 4.64. The Hall–Kier alpha value is -2.13. The third kappa shape index (κ3) is 7.18. The highest BCUT2D eigenvalue weighted by molar-refractivity contribution is 5.91. The third-order valence-corrected chi connectivity index (χ3v) is 4.64. The standard InChI is InChI=1S/C24H32O3/c1-4-6-7-8-9-20-10-12-22(13-11-20)24(25)27-23-16-14-21(15-17-23)19(3)26-18-5-2/h10-17,19H,4-9,18H2,1-3H3. The van der Waals surface area contributed by atoms with E-state index in [0.717, 1.165) is 25.0 Å². The van der Waals surface area contributed by atoms with Gasteiger partial charge in [0.15, 0.2) is 0 Å². The number of carbonyl (C=O) groups is 1. The molecule has 0 amide bonds. The maximum atomic E-state index is 12.3. The number of aryl methyl sites for hydroxylation is 1. The van der Waals surface area contributed by atoms with Crippen molar-refractivity contribution < 1.29 is 14.3 Å². The lowest BCUT2D eigenvalue weighted by molar-refractivity contribution is 0.0662. The summed E-state index contributed by atoms with van der Waals surface area (Å²) >= 11 is 0.